The van der Waals surface area contributed by atoms with Crippen LogP contribution in [-0.2, 0) is 4.79 Å². The number of anilines is 1. The molecule has 2 fully saturated rings. The van der Waals surface area contributed by atoms with Gasteiger partial charge in [-0.25, -0.2) is 15.0 Å². The highest BCUT2D eigenvalue weighted by Gasteiger charge is 2.56. The molecule has 3 aromatic rings. The van der Waals surface area contributed by atoms with Gasteiger partial charge in [-0.1, -0.05) is 11.6 Å². The molecule has 1 atom stereocenters. The maximum absolute atomic E-state index is 11.7. The number of carboxylic acids is 1. The van der Waals surface area contributed by atoms with E-state index in [1.54, 1.807) is 24.7 Å². The Labute approximate surface area is 167 Å². The molecule has 4 heterocycles. The molecule has 5 rings (SSSR count). The molecule has 1 unspecified atom stereocenters. The number of nitrogens with zero attached hydrogens (tertiary/aromatic N) is 5. The molecule has 144 valence electrons. The molecule has 1 saturated heterocycles. The van der Waals surface area contributed by atoms with E-state index in [4.69, 9.17) is 16.6 Å². The lowest BCUT2D eigenvalue weighted by Gasteiger charge is -2.36. The Kier molecular flexibility index (Phi) is 4.01. The van der Waals surface area contributed by atoms with Gasteiger partial charge in [0.15, 0.2) is 5.82 Å². The van der Waals surface area contributed by atoms with Crippen LogP contribution in [0.3, 0.4) is 0 Å². The van der Waals surface area contributed by atoms with Gasteiger partial charge in [0.1, 0.15) is 17.2 Å². The van der Waals surface area contributed by atoms with Crippen LogP contribution in [-0.4, -0.2) is 43.5 Å². The first-order chi connectivity index (χ1) is 13.6. The van der Waals surface area contributed by atoms with Crippen LogP contribution in [0.2, 0.25) is 5.02 Å². The molecule has 7 nitrogen and oxygen atoms in total. The molecule has 1 N–H and O–H groups in total. The molecule has 8 heteroatoms. The summed E-state index contributed by atoms with van der Waals surface area (Å²) in [4.78, 5) is 27.5. The first-order valence-corrected chi connectivity index (χ1v) is 9.89. The molecule has 1 saturated carbocycles. The van der Waals surface area contributed by atoms with Crippen LogP contribution in [0.15, 0.2) is 36.8 Å². The van der Waals surface area contributed by atoms with Crippen molar-refractivity contribution in [3.8, 4) is 11.5 Å². The Morgan fingerprint density at radius 3 is 2.89 bits per heavy atom. The van der Waals surface area contributed by atoms with Crippen LogP contribution in [0.5, 0.6) is 0 Å². The van der Waals surface area contributed by atoms with Gasteiger partial charge in [0.25, 0.3) is 0 Å². The normalized spacial score (nSPS) is 21.0. The van der Waals surface area contributed by atoms with E-state index in [2.05, 4.69) is 14.9 Å². The van der Waals surface area contributed by atoms with Gasteiger partial charge >= 0.3 is 5.97 Å². The van der Waals surface area contributed by atoms with E-state index in [0.717, 1.165) is 55.9 Å². The van der Waals surface area contributed by atoms with E-state index in [-0.39, 0.29) is 5.92 Å². The highest BCUT2D eigenvalue weighted by atomic mass is 35.5. The Morgan fingerprint density at radius 1 is 1.25 bits per heavy atom. The van der Waals surface area contributed by atoms with Gasteiger partial charge in [-0.3, -0.25) is 9.20 Å². The number of fused-ring (bicyclic) bond motifs is 1. The van der Waals surface area contributed by atoms with Gasteiger partial charge in [0, 0.05) is 25.5 Å². The molecule has 0 spiro atoms. The summed E-state index contributed by atoms with van der Waals surface area (Å²) in [6.07, 6.45) is 8.81. The summed E-state index contributed by atoms with van der Waals surface area (Å²) in [5, 5.41) is 10.3. The second kappa shape index (κ2) is 6.44. The molecule has 1 aliphatic heterocycles. The Bertz CT molecular complexity index is 1060. The van der Waals surface area contributed by atoms with E-state index < -0.39 is 11.4 Å². The third-order valence-corrected chi connectivity index (χ3v) is 6.30. The number of imidazole rings is 1. The second-order valence-corrected chi connectivity index (χ2v) is 8.14. The van der Waals surface area contributed by atoms with E-state index in [1.165, 1.54) is 0 Å². The summed E-state index contributed by atoms with van der Waals surface area (Å²) in [6.45, 7) is 1.60. The fourth-order valence-electron chi connectivity index (χ4n) is 4.34. The third-order valence-electron chi connectivity index (χ3n) is 6.08. The molecule has 3 aromatic heterocycles. The van der Waals surface area contributed by atoms with Gasteiger partial charge < -0.3 is 10.0 Å². The molecule has 0 aromatic carbocycles. The highest BCUT2D eigenvalue weighted by molar-refractivity contribution is 6.30. The average Bonchev–Trinajstić information content (AvgIpc) is 3.43. The fourth-order valence-corrected chi connectivity index (χ4v) is 4.50. The molecular weight excluding hydrogens is 378 g/mol. The highest BCUT2D eigenvalue weighted by Crippen LogP contribution is 2.54. The number of rotatable bonds is 4. The van der Waals surface area contributed by atoms with E-state index in [1.807, 2.05) is 16.5 Å². The van der Waals surface area contributed by atoms with Crippen molar-refractivity contribution < 1.29 is 9.90 Å². The Balaban J connectivity index is 1.45. The van der Waals surface area contributed by atoms with Gasteiger partial charge in [0.05, 0.1) is 16.6 Å². The van der Waals surface area contributed by atoms with Crippen molar-refractivity contribution in [2.24, 2.45) is 11.3 Å². The topological polar surface area (TPSA) is 83.6 Å². The van der Waals surface area contributed by atoms with Crippen molar-refractivity contribution in [1.29, 1.82) is 0 Å². The van der Waals surface area contributed by atoms with Gasteiger partial charge in [-0.15, -0.1) is 0 Å². The summed E-state index contributed by atoms with van der Waals surface area (Å²) in [7, 11) is 0. The number of carbonyl (C=O) groups is 1. The zero-order valence-corrected chi connectivity index (χ0v) is 16.0. The minimum Gasteiger partial charge on any atom is -0.481 e. The molecule has 0 amide bonds. The number of pyridine rings is 1. The quantitative estimate of drug-likeness (QED) is 0.725. The van der Waals surface area contributed by atoms with Crippen molar-refractivity contribution >= 4 is 29.0 Å². The van der Waals surface area contributed by atoms with Crippen LogP contribution in [0, 0.1) is 11.3 Å². The van der Waals surface area contributed by atoms with Gasteiger partial charge in [0.2, 0.25) is 0 Å². The second-order valence-electron chi connectivity index (χ2n) is 7.70. The average molecular weight is 398 g/mol. The minimum absolute atomic E-state index is 0.173. The smallest absolute Gasteiger partial charge is 0.309 e. The molecule has 0 radical (unpaired) electrons. The summed E-state index contributed by atoms with van der Waals surface area (Å²) in [6, 6.07) is 5.54. The number of hydrogen-bond donors (Lipinski definition) is 1. The third kappa shape index (κ3) is 2.81. The van der Waals surface area contributed by atoms with Crippen LogP contribution >= 0.6 is 11.6 Å². The van der Waals surface area contributed by atoms with E-state index >= 15 is 0 Å². The van der Waals surface area contributed by atoms with Gasteiger partial charge in [-0.05, 0) is 49.8 Å². The maximum Gasteiger partial charge on any atom is 0.309 e. The number of carboxylic acid groups (broad SMARTS) is 1. The van der Waals surface area contributed by atoms with Crippen molar-refractivity contribution in [2.45, 2.75) is 25.7 Å². The number of piperidine rings is 1. The van der Waals surface area contributed by atoms with Crippen LogP contribution < -0.4 is 4.90 Å². The summed E-state index contributed by atoms with van der Waals surface area (Å²) in [5.74, 6) is 0.929. The summed E-state index contributed by atoms with van der Waals surface area (Å²) in [5.41, 5.74) is 1.04. The van der Waals surface area contributed by atoms with Crippen molar-refractivity contribution in [2.75, 3.05) is 18.0 Å². The standard InChI is InChI=1S/C20H20ClN5O2/c21-14-3-4-16-23-10-15(26(16)12-14)18-22-8-5-17(24-18)25-9-1-2-13(11-25)20(6-7-20)19(27)28/h3-5,8,10,12-13H,1-2,6-7,9,11H2,(H,27,28). The lowest BCUT2D eigenvalue weighted by atomic mass is 9.82. The largest absolute Gasteiger partial charge is 0.481 e. The number of aromatic nitrogens is 4. The zero-order valence-electron chi connectivity index (χ0n) is 15.3. The van der Waals surface area contributed by atoms with Crippen LogP contribution in [0.4, 0.5) is 5.82 Å². The predicted octanol–water partition coefficient (Wildman–Crippen LogP) is 3.53. The minimum atomic E-state index is -0.648. The monoisotopic (exact) mass is 397 g/mol. The lowest BCUT2D eigenvalue weighted by Crippen LogP contribution is -2.42. The SMILES string of the molecule is O=C(O)C1(C2CCCN(c3ccnc(-c4cnc5ccc(Cl)cn45)n3)C2)CC1. The first-order valence-electron chi connectivity index (χ1n) is 9.51. The summed E-state index contributed by atoms with van der Waals surface area (Å²) < 4.78 is 1.88. The number of aliphatic carboxylic acids is 1. The van der Waals surface area contributed by atoms with E-state index in [9.17, 15) is 9.90 Å². The summed E-state index contributed by atoms with van der Waals surface area (Å²) >= 11 is 6.13. The van der Waals surface area contributed by atoms with Crippen LogP contribution in [0.25, 0.3) is 17.2 Å². The Hall–Kier alpha value is -2.67. The molecule has 2 aliphatic rings. The van der Waals surface area contributed by atoms with Crippen LogP contribution in [0.1, 0.15) is 25.7 Å². The molecule has 28 heavy (non-hydrogen) atoms. The zero-order chi connectivity index (χ0) is 19.3. The number of halogens is 1. The predicted molar refractivity (Wildman–Crippen MR) is 105 cm³/mol. The van der Waals surface area contributed by atoms with Gasteiger partial charge in [-0.2, -0.15) is 0 Å². The van der Waals surface area contributed by atoms with Crippen molar-refractivity contribution in [1.82, 2.24) is 19.4 Å². The fraction of sp³-hybridized carbons (Fsp3) is 0.400. The molecular formula is C20H20ClN5O2. The Morgan fingerprint density at radius 2 is 2.11 bits per heavy atom. The lowest BCUT2D eigenvalue weighted by molar-refractivity contribution is -0.145. The van der Waals surface area contributed by atoms with Crippen molar-refractivity contribution in [3.05, 3.63) is 41.8 Å². The van der Waals surface area contributed by atoms with E-state index in [0.29, 0.717) is 10.8 Å². The van der Waals surface area contributed by atoms with Crippen molar-refractivity contribution in [3.63, 3.8) is 0 Å². The molecule has 0 bridgehead atoms. The molecule has 1 aliphatic carbocycles. The maximum atomic E-state index is 11.7. The first kappa shape index (κ1) is 17.4. The number of hydrogen-bond acceptors (Lipinski definition) is 5.